The molecule has 1 saturated heterocycles. The zero-order valence-electron chi connectivity index (χ0n) is 18.7. The molecule has 3 aromatic rings. The van der Waals surface area contributed by atoms with Gasteiger partial charge in [-0.1, -0.05) is 12.0 Å². The van der Waals surface area contributed by atoms with Crippen molar-refractivity contribution in [1.29, 1.82) is 0 Å². The lowest BCUT2D eigenvalue weighted by atomic mass is 10.3. The third-order valence-electron chi connectivity index (χ3n) is 4.97. The molecule has 0 unspecified atom stereocenters. The van der Waals surface area contributed by atoms with Crippen molar-refractivity contribution in [3.8, 4) is 11.8 Å². The topological polar surface area (TPSA) is 144 Å². The highest BCUT2D eigenvalue weighted by Crippen LogP contribution is 2.20. The molecule has 0 atom stereocenters. The standard InChI is InChI=1S/C19H22N8O.C2HF3O2/c1-2-3-8-26-17-15(24-19(26)25-9-6-21-7-10-25)12-23-27(18(17)28)13-14-4-5-16(20)22-11-14;3-2(4,5)1(6)7/h4-5,11-12,21H,6-10,13H2,1H3,(H2,20,22);(H,6,7). The fraction of sp³-hybridized carbons (Fsp3) is 0.381. The smallest absolute Gasteiger partial charge is 0.475 e. The van der Waals surface area contributed by atoms with Crippen LogP contribution in [-0.4, -0.2) is 67.7 Å². The first-order valence-corrected chi connectivity index (χ1v) is 10.4. The van der Waals surface area contributed by atoms with E-state index in [0.29, 0.717) is 29.9 Å². The second-order valence-electron chi connectivity index (χ2n) is 7.40. The fourth-order valence-electron chi connectivity index (χ4n) is 3.30. The minimum atomic E-state index is -5.08. The van der Waals surface area contributed by atoms with Crippen molar-refractivity contribution in [2.45, 2.75) is 26.2 Å². The third kappa shape index (κ3) is 6.27. The normalized spacial score (nSPS) is 13.5. The Kier molecular flexibility index (Phi) is 7.92. The number of piperazine rings is 1. The van der Waals surface area contributed by atoms with Gasteiger partial charge < -0.3 is 21.1 Å². The summed E-state index contributed by atoms with van der Waals surface area (Å²) in [6.45, 7) is 5.95. The Morgan fingerprint density at radius 1 is 1.26 bits per heavy atom. The molecule has 0 saturated carbocycles. The van der Waals surface area contributed by atoms with Crippen LogP contribution in [0.2, 0.25) is 0 Å². The van der Waals surface area contributed by atoms with E-state index < -0.39 is 12.1 Å². The number of carboxylic acid groups (broad SMARTS) is 1. The van der Waals surface area contributed by atoms with E-state index in [0.717, 1.165) is 37.7 Å². The quantitative estimate of drug-likeness (QED) is 0.448. The van der Waals surface area contributed by atoms with Crippen LogP contribution in [0.4, 0.5) is 24.9 Å². The van der Waals surface area contributed by atoms with Crippen molar-refractivity contribution in [2.24, 2.45) is 0 Å². The number of aliphatic carboxylic acids is 1. The summed E-state index contributed by atoms with van der Waals surface area (Å²) >= 11 is 0. The number of nitrogen functional groups attached to an aromatic ring is 1. The molecule has 0 aliphatic carbocycles. The number of rotatable bonds is 4. The van der Waals surface area contributed by atoms with Gasteiger partial charge in [0.15, 0.2) is 0 Å². The molecule has 3 aromatic heterocycles. The van der Waals surface area contributed by atoms with E-state index >= 15 is 0 Å². The SMILES string of the molecule is CC#CCn1c(N2CCNCC2)nc2cnn(Cc3ccc(N)nc3)c(=O)c21.O=C(O)C(F)(F)F. The van der Waals surface area contributed by atoms with Crippen LogP contribution in [0.1, 0.15) is 12.5 Å². The molecular formula is C21H23F3N8O3. The first kappa shape index (κ1) is 25.5. The van der Waals surface area contributed by atoms with Crippen LogP contribution < -0.4 is 21.5 Å². The van der Waals surface area contributed by atoms with Crippen LogP contribution in [0.3, 0.4) is 0 Å². The van der Waals surface area contributed by atoms with Gasteiger partial charge in [-0.3, -0.25) is 9.36 Å². The van der Waals surface area contributed by atoms with Crippen molar-refractivity contribution < 1.29 is 23.1 Å². The lowest BCUT2D eigenvalue weighted by Gasteiger charge is -2.28. The molecule has 4 rings (SSSR count). The first-order valence-electron chi connectivity index (χ1n) is 10.4. The molecule has 0 amide bonds. The van der Waals surface area contributed by atoms with Gasteiger partial charge in [0.05, 0.1) is 19.3 Å². The Morgan fingerprint density at radius 3 is 2.51 bits per heavy atom. The van der Waals surface area contributed by atoms with E-state index in [2.05, 4.69) is 32.1 Å². The molecule has 0 aromatic carbocycles. The maximum Gasteiger partial charge on any atom is 0.490 e. The average Bonchev–Trinajstić information content (AvgIpc) is 3.20. The number of nitrogens with zero attached hydrogens (tertiary/aromatic N) is 6. The highest BCUT2D eigenvalue weighted by atomic mass is 19.4. The summed E-state index contributed by atoms with van der Waals surface area (Å²) in [6, 6.07) is 3.55. The van der Waals surface area contributed by atoms with Crippen LogP contribution >= 0.6 is 0 Å². The largest absolute Gasteiger partial charge is 0.490 e. The molecule has 1 fully saturated rings. The van der Waals surface area contributed by atoms with E-state index in [1.807, 2.05) is 10.6 Å². The number of nitrogens with two attached hydrogens (primary N) is 1. The summed E-state index contributed by atoms with van der Waals surface area (Å²) in [5.74, 6) is 4.42. The Morgan fingerprint density at radius 2 is 1.94 bits per heavy atom. The summed E-state index contributed by atoms with van der Waals surface area (Å²) < 4.78 is 35.1. The number of nitrogens with one attached hydrogen (secondary N) is 1. The summed E-state index contributed by atoms with van der Waals surface area (Å²) in [5.41, 5.74) is 7.40. The third-order valence-corrected chi connectivity index (χ3v) is 4.97. The van der Waals surface area contributed by atoms with E-state index in [1.165, 1.54) is 4.68 Å². The highest BCUT2D eigenvalue weighted by molar-refractivity contribution is 5.77. The number of carbonyl (C=O) groups is 1. The highest BCUT2D eigenvalue weighted by Gasteiger charge is 2.38. The van der Waals surface area contributed by atoms with Crippen molar-refractivity contribution >= 4 is 28.8 Å². The van der Waals surface area contributed by atoms with Gasteiger partial charge in [0.25, 0.3) is 5.56 Å². The number of hydrogen-bond donors (Lipinski definition) is 3. The molecule has 35 heavy (non-hydrogen) atoms. The molecule has 186 valence electrons. The maximum atomic E-state index is 13.2. The zero-order valence-corrected chi connectivity index (χ0v) is 18.7. The Hall–Kier alpha value is -4.12. The maximum absolute atomic E-state index is 13.2. The molecular weight excluding hydrogens is 469 g/mol. The molecule has 0 radical (unpaired) electrons. The van der Waals surface area contributed by atoms with Gasteiger partial charge in [0, 0.05) is 32.4 Å². The van der Waals surface area contributed by atoms with Crippen LogP contribution in [0.5, 0.6) is 0 Å². The Bertz CT molecular complexity index is 1300. The van der Waals surface area contributed by atoms with E-state index in [4.69, 9.17) is 20.6 Å². The molecule has 0 spiro atoms. The monoisotopic (exact) mass is 492 g/mol. The molecule has 1 aliphatic heterocycles. The van der Waals surface area contributed by atoms with E-state index in [-0.39, 0.29) is 5.56 Å². The number of pyridine rings is 1. The van der Waals surface area contributed by atoms with Gasteiger partial charge in [-0.15, -0.1) is 5.92 Å². The Labute approximate surface area is 197 Å². The number of imidazole rings is 1. The number of halogens is 3. The second-order valence-corrected chi connectivity index (χ2v) is 7.40. The summed E-state index contributed by atoms with van der Waals surface area (Å²) in [6.07, 6.45) is -1.79. The molecule has 14 heteroatoms. The molecule has 0 bridgehead atoms. The minimum absolute atomic E-state index is 0.193. The summed E-state index contributed by atoms with van der Waals surface area (Å²) in [4.78, 5) is 33.0. The predicted octanol–water partition coefficient (Wildman–Crippen LogP) is 0.685. The summed E-state index contributed by atoms with van der Waals surface area (Å²) in [7, 11) is 0. The predicted molar refractivity (Wildman–Crippen MR) is 122 cm³/mol. The van der Waals surface area contributed by atoms with Gasteiger partial charge in [-0.2, -0.15) is 18.3 Å². The van der Waals surface area contributed by atoms with Gasteiger partial charge >= 0.3 is 12.1 Å². The van der Waals surface area contributed by atoms with Crippen LogP contribution in [0, 0.1) is 11.8 Å². The van der Waals surface area contributed by atoms with Gasteiger partial charge in [-0.05, 0) is 18.6 Å². The van der Waals surface area contributed by atoms with E-state index in [9.17, 15) is 18.0 Å². The van der Waals surface area contributed by atoms with Crippen LogP contribution in [-0.2, 0) is 17.9 Å². The lowest BCUT2D eigenvalue weighted by molar-refractivity contribution is -0.192. The van der Waals surface area contributed by atoms with Gasteiger partial charge in [-0.25, -0.2) is 19.4 Å². The number of carboxylic acids is 1. The van der Waals surface area contributed by atoms with Crippen molar-refractivity contribution in [1.82, 2.24) is 29.6 Å². The molecule has 1 aliphatic rings. The van der Waals surface area contributed by atoms with Gasteiger partial charge in [0.2, 0.25) is 5.95 Å². The number of anilines is 2. The minimum Gasteiger partial charge on any atom is -0.475 e. The number of aromatic nitrogens is 5. The van der Waals surface area contributed by atoms with Crippen molar-refractivity contribution in [2.75, 3.05) is 36.8 Å². The fourth-order valence-corrected chi connectivity index (χ4v) is 3.30. The first-order chi connectivity index (χ1) is 16.6. The van der Waals surface area contributed by atoms with Crippen LogP contribution in [0.15, 0.2) is 29.3 Å². The van der Waals surface area contributed by atoms with E-state index in [1.54, 1.807) is 25.4 Å². The zero-order chi connectivity index (χ0) is 25.6. The number of hydrogen-bond acceptors (Lipinski definition) is 8. The lowest BCUT2D eigenvalue weighted by Crippen LogP contribution is -2.44. The van der Waals surface area contributed by atoms with Gasteiger partial charge in [0.1, 0.15) is 16.9 Å². The number of alkyl halides is 3. The average molecular weight is 492 g/mol. The summed E-state index contributed by atoms with van der Waals surface area (Å²) in [5, 5.41) is 14.8. The van der Waals surface area contributed by atoms with Crippen LogP contribution in [0.25, 0.3) is 11.0 Å². The van der Waals surface area contributed by atoms with Crippen molar-refractivity contribution in [3.63, 3.8) is 0 Å². The molecule has 4 heterocycles. The molecule has 11 nitrogen and oxygen atoms in total. The number of fused-ring (bicyclic) bond motifs is 1. The second kappa shape index (κ2) is 10.9. The van der Waals surface area contributed by atoms with Crippen molar-refractivity contribution in [3.05, 3.63) is 40.4 Å². The molecule has 4 N–H and O–H groups in total. The Balaban J connectivity index is 0.000000429.